The van der Waals surface area contributed by atoms with Gasteiger partial charge in [-0.3, -0.25) is 0 Å². The summed E-state index contributed by atoms with van der Waals surface area (Å²) in [6, 6.07) is 3.21. The topological polar surface area (TPSA) is 35.2 Å². The van der Waals surface area contributed by atoms with E-state index in [0.717, 1.165) is 36.1 Å². The molecule has 1 aliphatic carbocycles. The predicted molar refractivity (Wildman–Crippen MR) is 55.5 cm³/mol. The molecule has 15 heavy (non-hydrogen) atoms. The van der Waals surface area contributed by atoms with Crippen LogP contribution < -0.4 is 10.5 Å². The van der Waals surface area contributed by atoms with Gasteiger partial charge in [0, 0.05) is 17.5 Å². The lowest BCUT2D eigenvalue weighted by molar-refractivity contribution is 0.356. The van der Waals surface area contributed by atoms with E-state index in [1.54, 1.807) is 6.07 Å². The molecule has 0 aromatic heterocycles. The van der Waals surface area contributed by atoms with Crippen LogP contribution in [0.4, 0.5) is 4.39 Å². The van der Waals surface area contributed by atoms with Crippen molar-refractivity contribution in [3.05, 3.63) is 29.1 Å². The van der Waals surface area contributed by atoms with Gasteiger partial charge in [0.05, 0.1) is 6.61 Å². The molecule has 1 aromatic carbocycles. The van der Waals surface area contributed by atoms with E-state index in [9.17, 15) is 4.39 Å². The van der Waals surface area contributed by atoms with Crippen molar-refractivity contribution in [1.29, 1.82) is 0 Å². The van der Waals surface area contributed by atoms with E-state index >= 15 is 0 Å². The van der Waals surface area contributed by atoms with E-state index in [-0.39, 0.29) is 11.4 Å². The Hall–Kier alpha value is -1.09. The number of ether oxygens (including phenoxy) is 1. The Morgan fingerprint density at radius 3 is 2.93 bits per heavy atom. The second kappa shape index (κ2) is 2.95. The number of rotatable bonds is 2. The Bertz CT molecular complexity index is 412. The molecule has 80 valence electrons. The SMILES string of the molecule is NC1(Cc2c(F)ccc3c2CCO3)CC1. The minimum atomic E-state index is -0.140. The molecule has 3 heteroatoms. The Kier molecular flexibility index (Phi) is 1.80. The zero-order valence-corrected chi connectivity index (χ0v) is 8.55. The maximum absolute atomic E-state index is 13.7. The summed E-state index contributed by atoms with van der Waals surface area (Å²) in [6.07, 6.45) is 3.50. The Labute approximate surface area is 88.2 Å². The highest BCUT2D eigenvalue weighted by atomic mass is 19.1. The second-order valence-electron chi connectivity index (χ2n) is 4.64. The summed E-state index contributed by atoms with van der Waals surface area (Å²) in [6.45, 7) is 0.670. The molecule has 1 aromatic rings. The molecule has 1 saturated carbocycles. The third kappa shape index (κ3) is 1.51. The average Bonchev–Trinajstić information content (AvgIpc) is 2.78. The lowest BCUT2D eigenvalue weighted by atomic mass is 9.97. The van der Waals surface area contributed by atoms with Gasteiger partial charge < -0.3 is 10.5 Å². The Morgan fingerprint density at radius 1 is 1.40 bits per heavy atom. The van der Waals surface area contributed by atoms with Gasteiger partial charge in [0.15, 0.2) is 0 Å². The fourth-order valence-electron chi connectivity index (χ4n) is 2.20. The van der Waals surface area contributed by atoms with Gasteiger partial charge in [-0.1, -0.05) is 0 Å². The molecule has 2 aliphatic rings. The van der Waals surface area contributed by atoms with Gasteiger partial charge in [0.2, 0.25) is 0 Å². The lowest BCUT2D eigenvalue weighted by Gasteiger charge is -2.12. The van der Waals surface area contributed by atoms with Gasteiger partial charge in [-0.15, -0.1) is 0 Å². The Balaban J connectivity index is 2.01. The van der Waals surface area contributed by atoms with Crippen LogP contribution in [0.3, 0.4) is 0 Å². The van der Waals surface area contributed by atoms with Crippen LogP contribution in [0.1, 0.15) is 24.0 Å². The Morgan fingerprint density at radius 2 is 2.20 bits per heavy atom. The highest BCUT2D eigenvalue weighted by molar-refractivity contribution is 5.44. The van der Waals surface area contributed by atoms with E-state index in [4.69, 9.17) is 10.5 Å². The highest BCUT2D eigenvalue weighted by Crippen LogP contribution is 2.39. The quantitative estimate of drug-likeness (QED) is 0.802. The number of hydrogen-bond acceptors (Lipinski definition) is 2. The van der Waals surface area contributed by atoms with Gasteiger partial charge in [-0.05, 0) is 37.0 Å². The molecule has 3 rings (SSSR count). The first-order chi connectivity index (χ1) is 7.18. The molecular formula is C12H14FNO. The molecule has 0 bridgehead atoms. The minimum absolute atomic E-state index is 0.129. The standard InChI is InChI=1S/C12H14FNO/c13-10-1-2-11-8(3-6-15-11)9(10)7-12(14)4-5-12/h1-2H,3-7,14H2. The van der Waals surface area contributed by atoms with Crippen molar-refractivity contribution >= 4 is 0 Å². The highest BCUT2D eigenvalue weighted by Gasteiger charge is 2.39. The van der Waals surface area contributed by atoms with E-state index < -0.39 is 0 Å². The first-order valence-corrected chi connectivity index (χ1v) is 5.40. The number of benzene rings is 1. The molecule has 0 spiro atoms. The van der Waals surface area contributed by atoms with E-state index in [2.05, 4.69) is 0 Å². The van der Waals surface area contributed by atoms with Crippen LogP contribution in [0.2, 0.25) is 0 Å². The van der Waals surface area contributed by atoms with Crippen molar-refractivity contribution in [3.8, 4) is 5.75 Å². The van der Waals surface area contributed by atoms with Gasteiger partial charge in [-0.25, -0.2) is 4.39 Å². The summed E-state index contributed by atoms with van der Waals surface area (Å²) in [7, 11) is 0. The van der Waals surface area contributed by atoms with Crippen molar-refractivity contribution in [2.45, 2.75) is 31.2 Å². The molecule has 1 heterocycles. The zero-order chi connectivity index (χ0) is 10.5. The minimum Gasteiger partial charge on any atom is -0.493 e. The third-order valence-corrected chi connectivity index (χ3v) is 3.36. The second-order valence-corrected chi connectivity index (χ2v) is 4.64. The first kappa shape index (κ1) is 9.16. The molecule has 0 saturated heterocycles. The van der Waals surface area contributed by atoms with Crippen LogP contribution >= 0.6 is 0 Å². The summed E-state index contributed by atoms with van der Waals surface area (Å²) < 4.78 is 19.1. The predicted octanol–water partition coefficient (Wildman–Crippen LogP) is 1.79. The van der Waals surface area contributed by atoms with E-state index in [1.807, 2.05) is 0 Å². The van der Waals surface area contributed by atoms with Crippen molar-refractivity contribution in [2.75, 3.05) is 6.61 Å². The van der Waals surface area contributed by atoms with Crippen molar-refractivity contribution < 1.29 is 9.13 Å². The summed E-state index contributed by atoms with van der Waals surface area (Å²) in [5, 5.41) is 0. The normalized spacial score (nSPS) is 20.9. The number of fused-ring (bicyclic) bond motifs is 1. The molecule has 1 aliphatic heterocycles. The van der Waals surface area contributed by atoms with Crippen molar-refractivity contribution in [2.24, 2.45) is 5.73 Å². The van der Waals surface area contributed by atoms with Crippen LogP contribution in [0.25, 0.3) is 0 Å². The van der Waals surface area contributed by atoms with E-state index in [1.165, 1.54) is 6.07 Å². The molecule has 0 radical (unpaired) electrons. The van der Waals surface area contributed by atoms with E-state index in [0.29, 0.717) is 13.0 Å². The summed E-state index contributed by atoms with van der Waals surface area (Å²) in [4.78, 5) is 0. The summed E-state index contributed by atoms with van der Waals surface area (Å²) >= 11 is 0. The van der Waals surface area contributed by atoms with Gasteiger partial charge in [0.25, 0.3) is 0 Å². The van der Waals surface area contributed by atoms with Crippen LogP contribution in [-0.2, 0) is 12.8 Å². The molecule has 0 amide bonds. The van der Waals surface area contributed by atoms with Crippen LogP contribution in [-0.4, -0.2) is 12.1 Å². The zero-order valence-electron chi connectivity index (χ0n) is 8.55. The molecule has 0 unspecified atom stereocenters. The number of hydrogen-bond donors (Lipinski definition) is 1. The van der Waals surface area contributed by atoms with Gasteiger partial charge in [-0.2, -0.15) is 0 Å². The number of nitrogens with two attached hydrogens (primary N) is 1. The van der Waals surface area contributed by atoms with Crippen molar-refractivity contribution in [3.63, 3.8) is 0 Å². The van der Waals surface area contributed by atoms with Crippen LogP contribution in [0, 0.1) is 5.82 Å². The largest absolute Gasteiger partial charge is 0.493 e. The molecular weight excluding hydrogens is 193 g/mol. The molecule has 2 nitrogen and oxygen atoms in total. The van der Waals surface area contributed by atoms with Crippen LogP contribution in [0.15, 0.2) is 12.1 Å². The molecule has 2 N–H and O–H groups in total. The number of halogens is 1. The van der Waals surface area contributed by atoms with Gasteiger partial charge in [0.1, 0.15) is 11.6 Å². The van der Waals surface area contributed by atoms with Crippen LogP contribution in [0.5, 0.6) is 5.75 Å². The third-order valence-electron chi connectivity index (χ3n) is 3.36. The lowest BCUT2D eigenvalue weighted by Crippen LogP contribution is -2.25. The molecule has 0 atom stereocenters. The maximum atomic E-state index is 13.7. The average molecular weight is 207 g/mol. The maximum Gasteiger partial charge on any atom is 0.127 e. The fraction of sp³-hybridized carbons (Fsp3) is 0.500. The smallest absolute Gasteiger partial charge is 0.127 e. The monoisotopic (exact) mass is 207 g/mol. The fourth-order valence-corrected chi connectivity index (χ4v) is 2.20. The summed E-state index contributed by atoms with van der Waals surface area (Å²) in [5.74, 6) is 0.714. The molecule has 1 fully saturated rings. The van der Waals surface area contributed by atoms with Gasteiger partial charge >= 0.3 is 0 Å². The summed E-state index contributed by atoms with van der Waals surface area (Å²) in [5.41, 5.74) is 7.71. The van der Waals surface area contributed by atoms with Crippen molar-refractivity contribution in [1.82, 2.24) is 0 Å². The first-order valence-electron chi connectivity index (χ1n) is 5.40.